The summed E-state index contributed by atoms with van der Waals surface area (Å²) in [6, 6.07) is 1.65. The Morgan fingerprint density at radius 3 is 2.32 bits per heavy atom. The Morgan fingerprint density at radius 1 is 1.23 bits per heavy atom. The lowest BCUT2D eigenvalue weighted by molar-refractivity contribution is -0.141. The molecule has 0 N–H and O–H groups in total. The number of aromatic nitrogens is 1. The number of sulfonamides is 1. The number of alkyl halides is 3. The lowest BCUT2D eigenvalue weighted by Gasteiger charge is -2.44. The van der Waals surface area contributed by atoms with Gasteiger partial charge in [0, 0.05) is 31.4 Å². The Bertz CT molecular complexity index is 641. The van der Waals surface area contributed by atoms with Gasteiger partial charge in [-0.3, -0.25) is 4.98 Å². The first-order valence-corrected chi connectivity index (χ1v) is 8.13. The molecular weight excluding hydrogens is 319 g/mol. The van der Waals surface area contributed by atoms with Crippen LogP contribution in [0.15, 0.2) is 23.2 Å². The molecule has 0 spiro atoms. The molecule has 2 rings (SSSR count). The van der Waals surface area contributed by atoms with Gasteiger partial charge in [-0.15, -0.1) is 0 Å². The monoisotopic (exact) mass is 337 g/mol. The van der Waals surface area contributed by atoms with Crippen LogP contribution in [0.25, 0.3) is 0 Å². The standard InChI is InChI=1S/C13H18F3N3O2S/c1-12(2)9-18(3)6-7-19(12)22(20,21)10-4-5-11(17-8-10)13(14,15)16/h4-5,8H,6-7,9H2,1-3H3. The molecule has 0 unspecified atom stereocenters. The van der Waals surface area contributed by atoms with Crippen LogP contribution < -0.4 is 0 Å². The first kappa shape index (κ1) is 17.2. The number of rotatable bonds is 2. The van der Waals surface area contributed by atoms with Gasteiger partial charge in [0.15, 0.2) is 0 Å². The number of hydrogen-bond donors (Lipinski definition) is 0. The molecule has 1 aromatic heterocycles. The zero-order chi connectivity index (χ0) is 16.8. The zero-order valence-electron chi connectivity index (χ0n) is 12.6. The molecule has 1 fully saturated rings. The summed E-state index contributed by atoms with van der Waals surface area (Å²) in [5, 5.41) is 0. The molecule has 0 aromatic carbocycles. The second kappa shape index (κ2) is 5.47. The molecule has 9 heteroatoms. The molecule has 1 saturated heterocycles. The normalized spacial score (nSPS) is 21.0. The van der Waals surface area contributed by atoms with E-state index in [9.17, 15) is 21.6 Å². The van der Waals surface area contributed by atoms with E-state index in [1.54, 1.807) is 13.8 Å². The molecule has 22 heavy (non-hydrogen) atoms. The molecule has 1 aliphatic rings. The molecule has 0 radical (unpaired) electrons. The van der Waals surface area contributed by atoms with Crippen LogP contribution in [0.5, 0.6) is 0 Å². The van der Waals surface area contributed by atoms with Gasteiger partial charge in [-0.05, 0) is 33.0 Å². The van der Waals surface area contributed by atoms with Crippen LogP contribution in [0.2, 0.25) is 0 Å². The third kappa shape index (κ3) is 3.26. The van der Waals surface area contributed by atoms with Crippen LogP contribution in [0.4, 0.5) is 13.2 Å². The molecule has 5 nitrogen and oxygen atoms in total. The van der Waals surface area contributed by atoms with E-state index in [4.69, 9.17) is 0 Å². The minimum Gasteiger partial charge on any atom is -0.303 e. The third-order valence-corrected chi connectivity index (χ3v) is 5.73. The van der Waals surface area contributed by atoms with E-state index in [0.29, 0.717) is 19.2 Å². The second-order valence-corrected chi connectivity index (χ2v) is 7.87. The van der Waals surface area contributed by atoms with Crippen LogP contribution in [0, 0.1) is 0 Å². The van der Waals surface area contributed by atoms with Gasteiger partial charge in [0.1, 0.15) is 10.6 Å². The van der Waals surface area contributed by atoms with Crippen molar-refractivity contribution >= 4 is 10.0 Å². The lowest BCUT2D eigenvalue weighted by Crippen LogP contribution is -2.59. The Morgan fingerprint density at radius 2 is 1.86 bits per heavy atom. The molecule has 0 atom stereocenters. The van der Waals surface area contributed by atoms with Gasteiger partial charge >= 0.3 is 6.18 Å². The fourth-order valence-corrected chi connectivity index (χ4v) is 4.37. The summed E-state index contributed by atoms with van der Waals surface area (Å²) in [5.74, 6) is 0. The molecule has 1 aromatic rings. The van der Waals surface area contributed by atoms with E-state index in [1.165, 1.54) is 4.31 Å². The number of halogens is 3. The zero-order valence-corrected chi connectivity index (χ0v) is 13.4. The highest BCUT2D eigenvalue weighted by atomic mass is 32.2. The maximum Gasteiger partial charge on any atom is 0.433 e. The fourth-order valence-electron chi connectivity index (χ4n) is 2.66. The molecule has 0 bridgehead atoms. The van der Waals surface area contributed by atoms with Gasteiger partial charge in [-0.2, -0.15) is 17.5 Å². The van der Waals surface area contributed by atoms with E-state index in [1.807, 2.05) is 11.9 Å². The highest BCUT2D eigenvalue weighted by Gasteiger charge is 2.41. The highest BCUT2D eigenvalue weighted by Crippen LogP contribution is 2.30. The van der Waals surface area contributed by atoms with Gasteiger partial charge in [0.25, 0.3) is 0 Å². The van der Waals surface area contributed by atoms with Crippen molar-refractivity contribution in [3.8, 4) is 0 Å². The Balaban J connectivity index is 2.34. The molecule has 0 saturated carbocycles. The van der Waals surface area contributed by atoms with Crippen LogP contribution in [-0.2, 0) is 16.2 Å². The van der Waals surface area contributed by atoms with Crippen LogP contribution in [0.1, 0.15) is 19.5 Å². The van der Waals surface area contributed by atoms with Gasteiger partial charge < -0.3 is 4.90 Å². The third-order valence-electron chi connectivity index (χ3n) is 3.63. The van der Waals surface area contributed by atoms with E-state index in [-0.39, 0.29) is 11.4 Å². The Hall–Kier alpha value is -1.19. The largest absolute Gasteiger partial charge is 0.433 e. The topological polar surface area (TPSA) is 53.5 Å². The molecular formula is C13H18F3N3O2S. The van der Waals surface area contributed by atoms with Crippen LogP contribution >= 0.6 is 0 Å². The number of piperazine rings is 1. The van der Waals surface area contributed by atoms with Crippen molar-refractivity contribution in [2.24, 2.45) is 0 Å². The average Bonchev–Trinajstić information content (AvgIpc) is 2.36. The predicted octanol–water partition coefficient (Wildman–Crippen LogP) is 1.82. The van der Waals surface area contributed by atoms with E-state index < -0.39 is 27.4 Å². The van der Waals surface area contributed by atoms with Crippen molar-refractivity contribution < 1.29 is 21.6 Å². The number of nitrogens with zero attached hydrogens (tertiary/aromatic N) is 3. The van der Waals surface area contributed by atoms with E-state index >= 15 is 0 Å². The fraction of sp³-hybridized carbons (Fsp3) is 0.615. The van der Waals surface area contributed by atoms with Crippen LogP contribution in [-0.4, -0.2) is 54.8 Å². The Kier molecular flexibility index (Phi) is 4.27. The summed E-state index contributed by atoms with van der Waals surface area (Å²) in [7, 11) is -1.98. The summed E-state index contributed by atoms with van der Waals surface area (Å²) in [6.45, 7) is 4.97. The quantitative estimate of drug-likeness (QED) is 0.826. The minimum atomic E-state index is -4.59. The molecule has 2 heterocycles. The molecule has 0 amide bonds. The van der Waals surface area contributed by atoms with E-state index in [0.717, 1.165) is 12.3 Å². The van der Waals surface area contributed by atoms with Crippen LogP contribution in [0.3, 0.4) is 0 Å². The molecule has 1 aliphatic heterocycles. The first-order valence-electron chi connectivity index (χ1n) is 6.69. The lowest BCUT2D eigenvalue weighted by atomic mass is 10.0. The average molecular weight is 337 g/mol. The minimum absolute atomic E-state index is 0.224. The summed E-state index contributed by atoms with van der Waals surface area (Å²) in [4.78, 5) is 5.02. The molecule has 124 valence electrons. The maximum absolute atomic E-state index is 12.7. The van der Waals surface area contributed by atoms with Crippen molar-refractivity contribution in [3.05, 3.63) is 24.0 Å². The van der Waals surface area contributed by atoms with Gasteiger partial charge in [0.05, 0.1) is 0 Å². The van der Waals surface area contributed by atoms with Crippen molar-refractivity contribution in [2.75, 3.05) is 26.7 Å². The number of pyridine rings is 1. The first-order chi connectivity index (χ1) is 9.94. The summed E-state index contributed by atoms with van der Waals surface area (Å²) in [6.07, 6.45) is -3.82. The predicted molar refractivity (Wildman–Crippen MR) is 74.7 cm³/mol. The van der Waals surface area contributed by atoms with Crippen molar-refractivity contribution in [3.63, 3.8) is 0 Å². The SMILES string of the molecule is CN1CCN(S(=O)(=O)c2ccc(C(F)(F)F)nc2)C(C)(C)C1. The summed E-state index contributed by atoms with van der Waals surface area (Å²) in [5.41, 5.74) is -1.75. The summed E-state index contributed by atoms with van der Waals surface area (Å²) >= 11 is 0. The van der Waals surface area contributed by atoms with Crippen molar-refractivity contribution in [1.82, 2.24) is 14.2 Å². The molecule has 0 aliphatic carbocycles. The highest BCUT2D eigenvalue weighted by molar-refractivity contribution is 7.89. The smallest absolute Gasteiger partial charge is 0.303 e. The number of hydrogen-bond acceptors (Lipinski definition) is 4. The van der Waals surface area contributed by atoms with Gasteiger partial charge in [-0.25, -0.2) is 8.42 Å². The summed E-state index contributed by atoms with van der Waals surface area (Å²) < 4.78 is 64.2. The van der Waals surface area contributed by atoms with Gasteiger partial charge in [-0.1, -0.05) is 0 Å². The maximum atomic E-state index is 12.7. The van der Waals surface area contributed by atoms with Crippen molar-refractivity contribution in [2.45, 2.75) is 30.5 Å². The van der Waals surface area contributed by atoms with E-state index in [2.05, 4.69) is 4.98 Å². The van der Waals surface area contributed by atoms with Gasteiger partial charge in [0.2, 0.25) is 10.0 Å². The van der Waals surface area contributed by atoms with Crippen molar-refractivity contribution in [1.29, 1.82) is 0 Å². The second-order valence-electron chi connectivity index (χ2n) is 6.00. The Labute approximate surface area is 127 Å². The number of likely N-dealkylation sites (N-methyl/N-ethyl adjacent to an activating group) is 1.